The average molecular weight is 219 g/mol. The van der Waals surface area contributed by atoms with Crippen molar-refractivity contribution < 1.29 is 24.5 Å². The predicted octanol–water partition coefficient (Wildman–Crippen LogP) is -0.805. The van der Waals surface area contributed by atoms with Gasteiger partial charge in [0.2, 0.25) is 0 Å². The molecule has 6 nitrogen and oxygen atoms in total. The minimum absolute atomic E-state index is 0.117. The van der Waals surface area contributed by atoms with E-state index in [0.717, 1.165) is 0 Å². The molecule has 6 heteroatoms. The fraction of sp³-hybridized carbons (Fsp3) is 0.889. The van der Waals surface area contributed by atoms with Crippen molar-refractivity contribution in [2.75, 3.05) is 27.3 Å². The molecule has 1 saturated heterocycles. The van der Waals surface area contributed by atoms with E-state index in [1.165, 1.54) is 4.90 Å². The highest BCUT2D eigenvalue weighted by Gasteiger charge is 2.32. The lowest BCUT2D eigenvalue weighted by molar-refractivity contribution is -0.135. The molecule has 0 aromatic heterocycles. The summed E-state index contributed by atoms with van der Waals surface area (Å²) in [6.45, 7) is -0.0165. The third-order valence-electron chi connectivity index (χ3n) is 2.25. The number of amides is 1. The summed E-state index contributed by atoms with van der Waals surface area (Å²) in [5.74, 6) is 0. The smallest absolute Gasteiger partial charge is 0.409 e. The molecule has 1 rings (SSSR count). The predicted molar refractivity (Wildman–Crippen MR) is 51.4 cm³/mol. The highest BCUT2D eigenvalue weighted by molar-refractivity contribution is 5.67. The summed E-state index contributed by atoms with van der Waals surface area (Å²) in [7, 11) is 3.13. The molecular formula is C9H17NO5. The second kappa shape index (κ2) is 5.29. The van der Waals surface area contributed by atoms with Gasteiger partial charge in [0, 0.05) is 20.5 Å². The van der Waals surface area contributed by atoms with Gasteiger partial charge < -0.3 is 24.6 Å². The molecule has 0 radical (unpaired) electrons. The Morgan fingerprint density at radius 1 is 1.60 bits per heavy atom. The van der Waals surface area contributed by atoms with Crippen molar-refractivity contribution in [1.29, 1.82) is 0 Å². The zero-order chi connectivity index (χ0) is 11.4. The summed E-state index contributed by atoms with van der Waals surface area (Å²) in [6.07, 6.45) is -2.02. The maximum atomic E-state index is 11.2. The molecule has 1 aliphatic heterocycles. The second-order valence-corrected chi connectivity index (χ2v) is 3.76. The molecule has 0 spiro atoms. The van der Waals surface area contributed by atoms with Crippen LogP contribution in [0.25, 0.3) is 0 Å². The van der Waals surface area contributed by atoms with Gasteiger partial charge in [0.15, 0.2) is 6.10 Å². The van der Waals surface area contributed by atoms with Gasteiger partial charge in [0.05, 0.1) is 25.4 Å². The third kappa shape index (κ3) is 3.33. The van der Waals surface area contributed by atoms with E-state index in [4.69, 9.17) is 14.6 Å². The number of aliphatic hydroxyl groups excluding tert-OH is 2. The summed E-state index contributed by atoms with van der Waals surface area (Å²) in [5.41, 5.74) is 0. The van der Waals surface area contributed by atoms with Gasteiger partial charge in [-0.3, -0.25) is 0 Å². The molecule has 15 heavy (non-hydrogen) atoms. The van der Waals surface area contributed by atoms with E-state index in [2.05, 4.69) is 0 Å². The van der Waals surface area contributed by atoms with E-state index < -0.39 is 18.3 Å². The van der Waals surface area contributed by atoms with Crippen LogP contribution in [0.3, 0.4) is 0 Å². The molecule has 88 valence electrons. The van der Waals surface area contributed by atoms with Crippen molar-refractivity contribution in [3.8, 4) is 0 Å². The van der Waals surface area contributed by atoms with Gasteiger partial charge in [-0.05, 0) is 0 Å². The Morgan fingerprint density at radius 2 is 2.27 bits per heavy atom. The van der Waals surface area contributed by atoms with Crippen LogP contribution in [-0.2, 0) is 9.47 Å². The van der Waals surface area contributed by atoms with Crippen molar-refractivity contribution in [3.05, 3.63) is 0 Å². The first-order valence-corrected chi connectivity index (χ1v) is 4.83. The maximum Gasteiger partial charge on any atom is 0.409 e. The summed E-state index contributed by atoms with van der Waals surface area (Å²) < 4.78 is 10.2. The van der Waals surface area contributed by atoms with Crippen LogP contribution in [0, 0.1) is 0 Å². The first-order chi connectivity index (χ1) is 7.04. The Bertz CT molecular complexity index is 221. The minimum Gasteiger partial charge on any atom is -0.441 e. The van der Waals surface area contributed by atoms with Gasteiger partial charge in [-0.1, -0.05) is 0 Å². The monoisotopic (exact) mass is 219 g/mol. The number of carbonyl (C=O) groups is 1. The SMILES string of the molecule is CN(C)C(=O)OC1COC(CO)CC1O. The molecule has 3 atom stereocenters. The Labute approximate surface area is 88.4 Å². The lowest BCUT2D eigenvalue weighted by atomic mass is 10.0. The van der Waals surface area contributed by atoms with Crippen LogP contribution in [0.5, 0.6) is 0 Å². The van der Waals surface area contributed by atoms with Crippen LogP contribution in [0.2, 0.25) is 0 Å². The Kier molecular flexibility index (Phi) is 4.31. The van der Waals surface area contributed by atoms with Crippen molar-refractivity contribution in [3.63, 3.8) is 0 Å². The second-order valence-electron chi connectivity index (χ2n) is 3.76. The molecule has 0 bridgehead atoms. The first kappa shape index (κ1) is 12.2. The molecule has 1 fully saturated rings. The maximum absolute atomic E-state index is 11.2. The highest BCUT2D eigenvalue weighted by Crippen LogP contribution is 2.17. The minimum atomic E-state index is -0.778. The molecule has 2 N–H and O–H groups in total. The van der Waals surface area contributed by atoms with E-state index >= 15 is 0 Å². The number of nitrogens with zero attached hydrogens (tertiary/aromatic N) is 1. The van der Waals surface area contributed by atoms with Gasteiger partial charge >= 0.3 is 6.09 Å². The lowest BCUT2D eigenvalue weighted by Gasteiger charge is -2.32. The van der Waals surface area contributed by atoms with Gasteiger partial charge in [-0.2, -0.15) is 0 Å². The van der Waals surface area contributed by atoms with Crippen LogP contribution in [0.15, 0.2) is 0 Å². The van der Waals surface area contributed by atoms with E-state index in [1.54, 1.807) is 14.1 Å². The van der Waals surface area contributed by atoms with Gasteiger partial charge in [-0.15, -0.1) is 0 Å². The fourth-order valence-electron chi connectivity index (χ4n) is 1.31. The summed E-state index contributed by atoms with van der Waals surface area (Å²) in [6, 6.07) is 0. The van der Waals surface area contributed by atoms with Gasteiger partial charge in [-0.25, -0.2) is 4.79 Å². The zero-order valence-corrected chi connectivity index (χ0v) is 8.92. The number of aliphatic hydroxyl groups is 2. The van der Waals surface area contributed by atoms with Gasteiger partial charge in [0.1, 0.15) is 0 Å². The molecule has 0 aromatic carbocycles. The van der Waals surface area contributed by atoms with Crippen molar-refractivity contribution in [2.45, 2.75) is 24.7 Å². The number of carbonyl (C=O) groups excluding carboxylic acids is 1. The Hall–Kier alpha value is -0.850. The zero-order valence-electron chi connectivity index (χ0n) is 8.92. The normalized spacial score (nSPS) is 31.1. The first-order valence-electron chi connectivity index (χ1n) is 4.83. The summed E-state index contributed by atoms with van der Waals surface area (Å²) in [4.78, 5) is 12.5. The third-order valence-corrected chi connectivity index (χ3v) is 2.25. The highest BCUT2D eigenvalue weighted by atomic mass is 16.6. The van der Waals surface area contributed by atoms with Crippen LogP contribution < -0.4 is 0 Å². The molecule has 0 aromatic rings. The molecule has 1 aliphatic rings. The number of hydrogen-bond acceptors (Lipinski definition) is 5. The molecule has 1 heterocycles. The topological polar surface area (TPSA) is 79.2 Å². The Balaban J connectivity index is 2.41. The van der Waals surface area contributed by atoms with Crippen LogP contribution in [0.4, 0.5) is 4.79 Å². The van der Waals surface area contributed by atoms with Crippen molar-refractivity contribution in [2.24, 2.45) is 0 Å². The van der Waals surface area contributed by atoms with Crippen molar-refractivity contribution >= 4 is 6.09 Å². The molecule has 1 amide bonds. The van der Waals surface area contributed by atoms with E-state index in [1.807, 2.05) is 0 Å². The van der Waals surface area contributed by atoms with E-state index in [9.17, 15) is 9.90 Å². The van der Waals surface area contributed by atoms with Crippen molar-refractivity contribution in [1.82, 2.24) is 4.90 Å². The average Bonchev–Trinajstić information content (AvgIpc) is 2.20. The molecule has 0 saturated carbocycles. The summed E-state index contributed by atoms with van der Waals surface area (Å²) >= 11 is 0. The van der Waals surface area contributed by atoms with E-state index in [-0.39, 0.29) is 25.7 Å². The van der Waals surface area contributed by atoms with Crippen LogP contribution in [-0.4, -0.2) is 66.8 Å². The Morgan fingerprint density at radius 3 is 2.73 bits per heavy atom. The van der Waals surface area contributed by atoms with Gasteiger partial charge in [0.25, 0.3) is 0 Å². The van der Waals surface area contributed by atoms with Crippen LogP contribution >= 0.6 is 0 Å². The number of ether oxygens (including phenoxy) is 2. The number of rotatable bonds is 2. The van der Waals surface area contributed by atoms with Crippen LogP contribution in [0.1, 0.15) is 6.42 Å². The quantitative estimate of drug-likeness (QED) is 0.635. The standard InChI is InChI=1S/C9H17NO5/c1-10(2)9(13)15-8-5-14-6(4-11)3-7(8)12/h6-8,11-12H,3-5H2,1-2H3. The summed E-state index contributed by atoms with van der Waals surface area (Å²) in [5, 5.41) is 18.4. The molecule has 0 aliphatic carbocycles. The lowest BCUT2D eigenvalue weighted by Crippen LogP contribution is -2.46. The fourth-order valence-corrected chi connectivity index (χ4v) is 1.31. The largest absolute Gasteiger partial charge is 0.441 e. The van der Waals surface area contributed by atoms with E-state index in [0.29, 0.717) is 0 Å². The molecule has 3 unspecified atom stereocenters. The number of hydrogen-bond donors (Lipinski definition) is 2. The molecular weight excluding hydrogens is 202 g/mol.